The molecule has 0 saturated carbocycles. The van der Waals surface area contributed by atoms with Crippen LogP contribution in [0.5, 0.6) is 0 Å². The zero-order valence-corrected chi connectivity index (χ0v) is 14.4. The van der Waals surface area contributed by atoms with E-state index >= 15 is 0 Å². The van der Waals surface area contributed by atoms with Gasteiger partial charge in [-0.25, -0.2) is 0 Å². The Morgan fingerprint density at radius 1 is 1.11 bits per heavy atom. The van der Waals surface area contributed by atoms with Crippen molar-refractivity contribution in [3.05, 3.63) is 50.9 Å². The van der Waals surface area contributed by atoms with Crippen LogP contribution < -0.4 is 17.0 Å². The first kappa shape index (κ1) is 16.7. The van der Waals surface area contributed by atoms with Crippen LogP contribution in [-0.4, -0.2) is 0 Å². The molecule has 4 heteroatoms. The van der Waals surface area contributed by atoms with Crippen LogP contribution in [0.4, 0.5) is 0 Å². The molecule has 0 aliphatic carbocycles. The van der Waals surface area contributed by atoms with Crippen molar-refractivity contribution in [2.45, 2.75) is 39.2 Å². The van der Waals surface area contributed by atoms with Gasteiger partial charge in [-0.2, -0.15) is 4.57 Å². The molecule has 0 bridgehead atoms. The lowest BCUT2D eigenvalue weighted by molar-refractivity contribution is -0.687. The van der Waals surface area contributed by atoms with E-state index in [1.54, 1.807) is 11.3 Å². The molecule has 0 amide bonds. The largest absolute Gasteiger partial charge is 1.00 e. The first-order chi connectivity index (χ1) is 8.72. The van der Waals surface area contributed by atoms with Crippen molar-refractivity contribution in [2.75, 3.05) is 0 Å². The van der Waals surface area contributed by atoms with Gasteiger partial charge in [0.1, 0.15) is 0 Å². The summed E-state index contributed by atoms with van der Waals surface area (Å²) in [6, 6.07) is 8.82. The average Bonchev–Trinajstić information content (AvgIpc) is 2.78. The number of halogens is 2. The topological polar surface area (TPSA) is 3.88 Å². The van der Waals surface area contributed by atoms with Gasteiger partial charge < -0.3 is 12.4 Å². The average molecular weight is 361 g/mol. The maximum absolute atomic E-state index is 3.50. The molecule has 2 aromatic heterocycles. The van der Waals surface area contributed by atoms with Crippen LogP contribution >= 0.6 is 27.3 Å². The van der Waals surface area contributed by atoms with Crippen molar-refractivity contribution < 1.29 is 17.0 Å². The number of hydrogen-bond acceptors (Lipinski definition) is 1. The molecule has 104 valence electrons. The van der Waals surface area contributed by atoms with Crippen LogP contribution in [0, 0.1) is 0 Å². The number of thiophene rings is 1. The SMILES string of the molecule is CCC(CC)c1cc[n+](Cc2ccc(Br)s2)cc1.[Cl-]. The second-order valence-electron chi connectivity index (χ2n) is 4.52. The summed E-state index contributed by atoms with van der Waals surface area (Å²) in [7, 11) is 0. The summed E-state index contributed by atoms with van der Waals surface area (Å²) in [6.07, 6.45) is 6.83. The smallest absolute Gasteiger partial charge is 0.182 e. The maximum atomic E-state index is 3.50. The number of nitrogens with zero attached hydrogens (tertiary/aromatic N) is 1. The minimum absolute atomic E-state index is 0. The predicted molar refractivity (Wildman–Crippen MR) is 81.1 cm³/mol. The highest BCUT2D eigenvalue weighted by molar-refractivity contribution is 9.11. The molecule has 1 nitrogen and oxygen atoms in total. The standard InChI is InChI=1S/C15H19BrNS.ClH/c1-3-12(4-2)13-7-9-17(10-8-13)11-14-5-6-15(16)18-14;/h5-10,12H,3-4,11H2,1-2H3;1H/q+1;/p-1. The summed E-state index contributed by atoms with van der Waals surface area (Å²) >= 11 is 5.30. The predicted octanol–water partition coefficient (Wildman–Crippen LogP) is 1.75. The third-order valence-electron chi connectivity index (χ3n) is 3.34. The second kappa shape index (κ2) is 8.03. The van der Waals surface area contributed by atoms with Crippen molar-refractivity contribution in [2.24, 2.45) is 0 Å². The van der Waals surface area contributed by atoms with Crippen molar-refractivity contribution in [3.8, 4) is 0 Å². The van der Waals surface area contributed by atoms with Gasteiger partial charge in [-0.1, -0.05) is 13.8 Å². The molecule has 0 unspecified atom stereocenters. The number of hydrogen-bond donors (Lipinski definition) is 0. The molecule has 0 radical (unpaired) electrons. The van der Waals surface area contributed by atoms with E-state index in [-0.39, 0.29) is 12.4 Å². The lowest BCUT2D eigenvalue weighted by Crippen LogP contribution is -3.00. The zero-order valence-electron chi connectivity index (χ0n) is 11.3. The van der Waals surface area contributed by atoms with Crippen LogP contribution in [0.2, 0.25) is 0 Å². The zero-order chi connectivity index (χ0) is 13.0. The van der Waals surface area contributed by atoms with Gasteiger partial charge in [-0.3, -0.25) is 0 Å². The van der Waals surface area contributed by atoms with E-state index in [0.29, 0.717) is 5.92 Å². The summed E-state index contributed by atoms with van der Waals surface area (Å²) in [5, 5.41) is 0. The Hall–Kier alpha value is -0.380. The Labute approximate surface area is 134 Å². The normalized spacial score (nSPS) is 10.5. The molecule has 2 aromatic rings. The van der Waals surface area contributed by atoms with E-state index in [9.17, 15) is 0 Å². The van der Waals surface area contributed by atoms with Crippen LogP contribution in [0.25, 0.3) is 0 Å². The molecule has 0 saturated heterocycles. The Bertz CT molecular complexity index is 491. The minimum atomic E-state index is 0. The van der Waals surface area contributed by atoms with Crippen molar-refractivity contribution in [3.63, 3.8) is 0 Å². The molecule has 2 heterocycles. The van der Waals surface area contributed by atoms with Crippen LogP contribution in [0.15, 0.2) is 40.4 Å². The summed E-state index contributed by atoms with van der Waals surface area (Å²) in [5.74, 6) is 0.704. The lowest BCUT2D eigenvalue weighted by atomic mass is 9.95. The third-order valence-corrected chi connectivity index (χ3v) is 4.95. The van der Waals surface area contributed by atoms with Crippen molar-refractivity contribution in [1.82, 2.24) is 0 Å². The quantitative estimate of drug-likeness (QED) is 0.715. The summed E-state index contributed by atoms with van der Waals surface area (Å²) < 4.78 is 3.44. The minimum Gasteiger partial charge on any atom is -1.00 e. The fourth-order valence-corrected chi connectivity index (χ4v) is 3.72. The molecule has 0 spiro atoms. The van der Waals surface area contributed by atoms with E-state index in [0.717, 1.165) is 6.54 Å². The van der Waals surface area contributed by atoms with Gasteiger partial charge >= 0.3 is 0 Å². The van der Waals surface area contributed by atoms with Gasteiger partial charge in [0.2, 0.25) is 0 Å². The molecule has 0 aliphatic rings. The summed E-state index contributed by atoms with van der Waals surface area (Å²) in [6.45, 7) is 5.48. The van der Waals surface area contributed by atoms with E-state index < -0.39 is 0 Å². The molecule has 0 atom stereocenters. The van der Waals surface area contributed by atoms with Gasteiger partial charge in [-0.05, 0) is 52.4 Å². The fraction of sp³-hybridized carbons (Fsp3) is 0.400. The molecule has 19 heavy (non-hydrogen) atoms. The molecule has 0 N–H and O–H groups in total. The first-order valence-electron chi connectivity index (χ1n) is 6.46. The highest BCUT2D eigenvalue weighted by atomic mass is 79.9. The number of pyridine rings is 1. The van der Waals surface area contributed by atoms with Crippen LogP contribution in [0.3, 0.4) is 0 Å². The number of rotatable bonds is 5. The monoisotopic (exact) mass is 359 g/mol. The van der Waals surface area contributed by atoms with Crippen molar-refractivity contribution in [1.29, 1.82) is 0 Å². The first-order valence-corrected chi connectivity index (χ1v) is 8.07. The van der Waals surface area contributed by atoms with Gasteiger partial charge in [0.15, 0.2) is 18.9 Å². The Morgan fingerprint density at radius 2 is 1.74 bits per heavy atom. The van der Waals surface area contributed by atoms with E-state index in [4.69, 9.17) is 0 Å². The molecule has 0 fully saturated rings. The molecular formula is C15H19BrClNS. The molecular weight excluding hydrogens is 342 g/mol. The highest BCUT2D eigenvalue weighted by Crippen LogP contribution is 2.23. The van der Waals surface area contributed by atoms with E-state index in [2.05, 4.69) is 71.0 Å². The summed E-state index contributed by atoms with van der Waals surface area (Å²) in [4.78, 5) is 1.38. The highest BCUT2D eigenvalue weighted by Gasteiger charge is 2.10. The molecule has 0 aliphatic heterocycles. The number of aromatic nitrogens is 1. The van der Waals surface area contributed by atoms with Crippen molar-refractivity contribution >= 4 is 27.3 Å². The van der Waals surface area contributed by atoms with Gasteiger partial charge in [-0.15, -0.1) is 11.3 Å². The maximum Gasteiger partial charge on any atom is 0.182 e. The fourth-order valence-electron chi connectivity index (χ4n) is 2.22. The molecule has 0 aromatic carbocycles. The Balaban J connectivity index is 0.00000180. The van der Waals surface area contributed by atoms with Crippen LogP contribution in [-0.2, 0) is 6.54 Å². The van der Waals surface area contributed by atoms with Crippen LogP contribution in [0.1, 0.15) is 43.0 Å². The Morgan fingerprint density at radius 3 is 2.21 bits per heavy atom. The van der Waals surface area contributed by atoms with Gasteiger partial charge in [0.05, 0.1) is 8.66 Å². The summed E-state index contributed by atoms with van der Waals surface area (Å²) in [5.41, 5.74) is 1.46. The second-order valence-corrected chi connectivity index (χ2v) is 7.07. The van der Waals surface area contributed by atoms with Gasteiger partial charge in [0.25, 0.3) is 0 Å². The van der Waals surface area contributed by atoms with E-state index in [1.807, 2.05) is 0 Å². The lowest BCUT2D eigenvalue weighted by Gasteiger charge is -2.11. The molecule has 2 rings (SSSR count). The third kappa shape index (κ3) is 4.59. The van der Waals surface area contributed by atoms with Gasteiger partial charge in [0, 0.05) is 12.1 Å². The van der Waals surface area contributed by atoms with E-state index in [1.165, 1.54) is 27.1 Å². The Kier molecular flexibility index (Phi) is 7.05.